The second-order valence-electron chi connectivity index (χ2n) is 6.99. The van der Waals surface area contributed by atoms with Crippen LogP contribution >= 0.6 is 0 Å². The molecule has 1 aliphatic carbocycles. The lowest BCUT2D eigenvalue weighted by atomic mass is 9.99. The summed E-state index contributed by atoms with van der Waals surface area (Å²) in [5.41, 5.74) is 4.76. The number of carbonyl (C=O) groups excluding carboxylic acids is 2. The minimum atomic E-state index is -0.471. The number of amides is 2. The molecule has 0 bridgehead atoms. The summed E-state index contributed by atoms with van der Waals surface area (Å²) in [5, 5.41) is 13.0. The summed E-state index contributed by atoms with van der Waals surface area (Å²) < 4.78 is 0. The number of nitrogens with zero attached hydrogens (tertiary/aromatic N) is 1. The number of hydrogen-bond donors (Lipinski definition) is 2. The highest BCUT2D eigenvalue weighted by Gasteiger charge is 2.34. The molecule has 2 aromatic rings. The Bertz CT molecular complexity index is 934. The van der Waals surface area contributed by atoms with Crippen molar-refractivity contribution in [3.63, 3.8) is 0 Å². The molecule has 2 aliphatic rings. The quantitative estimate of drug-likeness (QED) is 0.878. The molecule has 1 aliphatic heterocycles. The van der Waals surface area contributed by atoms with E-state index in [-0.39, 0.29) is 24.1 Å². The first-order chi connectivity index (χ1) is 13.1. The zero-order valence-electron chi connectivity index (χ0n) is 15.2. The summed E-state index contributed by atoms with van der Waals surface area (Å²) in [6.45, 7) is 2.45. The zero-order chi connectivity index (χ0) is 19.0. The average molecular weight is 362 g/mol. The van der Waals surface area contributed by atoms with Crippen LogP contribution in [-0.2, 0) is 16.0 Å². The molecule has 0 unspecified atom stereocenters. The lowest BCUT2D eigenvalue weighted by molar-refractivity contribution is -0.127. The van der Waals surface area contributed by atoms with E-state index in [0.717, 1.165) is 29.5 Å². The van der Waals surface area contributed by atoms with Gasteiger partial charge in [-0.1, -0.05) is 42.5 Å². The van der Waals surface area contributed by atoms with Gasteiger partial charge in [0.25, 0.3) is 11.8 Å². The van der Waals surface area contributed by atoms with Crippen LogP contribution in [0.15, 0.2) is 59.9 Å². The Labute approximate surface area is 158 Å². The molecule has 0 spiro atoms. The number of aliphatic hydroxyl groups excluding tert-OH is 1. The fraction of sp³-hybridized carbons (Fsp3) is 0.273. The van der Waals surface area contributed by atoms with Crippen molar-refractivity contribution >= 4 is 11.8 Å². The van der Waals surface area contributed by atoms with Gasteiger partial charge >= 0.3 is 0 Å². The van der Waals surface area contributed by atoms with Crippen molar-refractivity contribution in [2.75, 3.05) is 13.1 Å². The van der Waals surface area contributed by atoms with E-state index in [2.05, 4.69) is 35.6 Å². The van der Waals surface area contributed by atoms with Gasteiger partial charge < -0.3 is 15.3 Å². The van der Waals surface area contributed by atoms with E-state index in [1.54, 1.807) is 0 Å². The van der Waals surface area contributed by atoms with Crippen LogP contribution in [0, 0.1) is 0 Å². The third-order valence-corrected chi connectivity index (χ3v) is 5.42. The first-order valence-electron chi connectivity index (χ1n) is 9.29. The van der Waals surface area contributed by atoms with Gasteiger partial charge in [0.05, 0.1) is 18.2 Å². The summed E-state index contributed by atoms with van der Waals surface area (Å²) in [6.07, 6.45) is 1.72. The molecule has 4 rings (SSSR count). The van der Waals surface area contributed by atoms with Crippen LogP contribution < -0.4 is 5.32 Å². The summed E-state index contributed by atoms with van der Waals surface area (Å²) in [6, 6.07) is 16.4. The van der Waals surface area contributed by atoms with Crippen molar-refractivity contribution in [3.05, 3.63) is 71.0 Å². The van der Waals surface area contributed by atoms with E-state index >= 15 is 0 Å². The van der Waals surface area contributed by atoms with Gasteiger partial charge in [-0.25, -0.2) is 0 Å². The van der Waals surface area contributed by atoms with E-state index in [0.29, 0.717) is 6.54 Å². The van der Waals surface area contributed by atoms with E-state index in [1.807, 2.05) is 25.1 Å². The highest BCUT2D eigenvalue weighted by Crippen LogP contribution is 2.35. The number of carbonyl (C=O) groups is 2. The standard InChI is InChI=1S/C22H22N2O3/c1-2-24-13-18(20(25)22(24)27)21(26)23-19-11-10-15-8-9-16(12-17(15)19)14-6-4-3-5-7-14/h3-9,12,19,25H,2,10-11,13H2,1H3,(H,23,26)/t19-/m1/s1. The second kappa shape index (κ2) is 6.91. The van der Waals surface area contributed by atoms with Gasteiger partial charge in [-0.3, -0.25) is 9.59 Å². The summed E-state index contributed by atoms with van der Waals surface area (Å²) in [4.78, 5) is 26.1. The van der Waals surface area contributed by atoms with Crippen LogP contribution in [-0.4, -0.2) is 34.9 Å². The van der Waals surface area contributed by atoms with E-state index < -0.39 is 11.7 Å². The fourth-order valence-electron chi connectivity index (χ4n) is 3.86. The number of aliphatic hydroxyl groups is 1. The molecule has 2 aromatic carbocycles. The maximum Gasteiger partial charge on any atom is 0.289 e. The monoisotopic (exact) mass is 362 g/mol. The van der Waals surface area contributed by atoms with Gasteiger partial charge in [-0.2, -0.15) is 0 Å². The summed E-state index contributed by atoms with van der Waals surface area (Å²) in [7, 11) is 0. The Hall–Kier alpha value is -3.08. The first-order valence-corrected chi connectivity index (χ1v) is 9.29. The Balaban J connectivity index is 1.56. The number of nitrogens with one attached hydrogen (secondary N) is 1. The number of hydrogen-bond acceptors (Lipinski definition) is 3. The zero-order valence-corrected chi connectivity index (χ0v) is 15.2. The summed E-state index contributed by atoms with van der Waals surface area (Å²) in [5.74, 6) is -1.26. The van der Waals surface area contributed by atoms with Gasteiger partial charge in [-0.15, -0.1) is 0 Å². The molecule has 0 radical (unpaired) electrons. The van der Waals surface area contributed by atoms with Gasteiger partial charge in [0.15, 0.2) is 5.76 Å². The molecule has 5 heteroatoms. The van der Waals surface area contributed by atoms with Crippen molar-refractivity contribution in [1.29, 1.82) is 0 Å². The maximum atomic E-state index is 12.7. The molecule has 0 saturated carbocycles. The molecule has 2 amide bonds. The van der Waals surface area contributed by atoms with E-state index in [4.69, 9.17) is 0 Å². The number of fused-ring (bicyclic) bond motifs is 1. The van der Waals surface area contributed by atoms with Crippen LogP contribution in [0.1, 0.15) is 30.5 Å². The van der Waals surface area contributed by atoms with Gasteiger partial charge in [0, 0.05) is 6.54 Å². The molecular formula is C22H22N2O3. The minimum absolute atomic E-state index is 0.109. The first kappa shape index (κ1) is 17.3. The predicted octanol–water partition coefficient (Wildman–Crippen LogP) is 3.13. The average Bonchev–Trinajstić information content (AvgIpc) is 3.23. The van der Waals surface area contributed by atoms with Crippen molar-refractivity contribution in [2.24, 2.45) is 0 Å². The Morgan fingerprint density at radius 2 is 1.96 bits per heavy atom. The van der Waals surface area contributed by atoms with Gasteiger partial charge in [0.1, 0.15) is 0 Å². The number of aryl methyl sites for hydroxylation is 1. The molecule has 27 heavy (non-hydrogen) atoms. The molecular weight excluding hydrogens is 340 g/mol. The van der Waals surface area contributed by atoms with Crippen LogP contribution in [0.25, 0.3) is 11.1 Å². The maximum absolute atomic E-state index is 12.7. The van der Waals surface area contributed by atoms with Crippen LogP contribution in [0.2, 0.25) is 0 Å². The lowest BCUT2D eigenvalue weighted by Crippen LogP contribution is -2.31. The Kier molecular flexibility index (Phi) is 4.44. The van der Waals surface area contributed by atoms with Crippen molar-refractivity contribution in [2.45, 2.75) is 25.8 Å². The molecule has 0 aromatic heterocycles. The smallest absolute Gasteiger partial charge is 0.289 e. The van der Waals surface area contributed by atoms with Crippen molar-refractivity contribution < 1.29 is 14.7 Å². The van der Waals surface area contributed by atoms with E-state index in [1.165, 1.54) is 10.5 Å². The molecule has 0 saturated heterocycles. The lowest BCUT2D eigenvalue weighted by Gasteiger charge is -2.16. The van der Waals surface area contributed by atoms with Crippen LogP contribution in [0.5, 0.6) is 0 Å². The van der Waals surface area contributed by atoms with Crippen LogP contribution in [0.3, 0.4) is 0 Å². The molecule has 138 valence electrons. The van der Waals surface area contributed by atoms with E-state index in [9.17, 15) is 14.7 Å². The highest BCUT2D eigenvalue weighted by atomic mass is 16.3. The van der Waals surface area contributed by atoms with Gasteiger partial charge in [-0.05, 0) is 48.1 Å². The number of rotatable bonds is 4. The predicted molar refractivity (Wildman–Crippen MR) is 103 cm³/mol. The van der Waals surface area contributed by atoms with Crippen molar-refractivity contribution in [1.82, 2.24) is 10.2 Å². The van der Waals surface area contributed by atoms with Crippen molar-refractivity contribution in [3.8, 4) is 11.1 Å². The summed E-state index contributed by atoms with van der Waals surface area (Å²) >= 11 is 0. The molecule has 1 atom stereocenters. The third-order valence-electron chi connectivity index (χ3n) is 5.42. The topological polar surface area (TPSA) is 69.6 Å². The minimum Gasteiger partial charge on any atom is -0.503 e. The molecule has 2 N–H and O–H groups in total. The Morgan fingerprint density at radius 3 is 2.67 bits per heavy atom. The molecule has 0 fully saturated rings. The SMILES string of the molecule is CCN1CC(C(=O)N[C@@H]2CCc3ccc(-c4ccccc4)cc32)=C(O)C1=O. The number of benzene rings is 2. The number of likely N-dealkylation sites (N-methyl/N-ethyl adjacent to an activating group) is 1. The molecule has 1 heterocycles. The second-order valence-corrected chi connectivity index (χ2v) is 6.99. The van der Waals surface area contributed by atoms with Crippen LogP contribution in [0.4, 0.5) is 0 Å². The largest absolute Gasteiger partial charge is 0.503 e. The Morgan fingerprint density at radius 1 is 1.19 bits per heavy atom. The van der Waals surface area contributed by atoms with Gasteiger partial charge in [0.2, 0.25) is 0 Å². The molecule has 5 nitrogen and oxygen atoms in total. The third kappa shape index (κ3) is 3.10. The normalized spacial score (nSPS) is 18.8. The fourth-order valence-corrected chi connectivity index (χ4v) is 3.86. The highest BCUT2D eigenvalue weighted by molar-refractivity contribution is 6.07.